The van der Waals surface area contributed by atoms with Gasteiger partial charge in [0.2, 0.25) is 0 Å². The summed E-state index contributed by atoms with van der Waals surface area (Å²) in [6.07, 6.45) is 2.34. The Morgan fingerprint density at radius 1 is 0.818 bits per heavy atom. The van der Waals surface area contributed by atoms with Crippen LogP contribution in [0, 0.1) is 0 Å². The van der Waals surface area contributed by atoms with Crippen LogP contribution in [-0.4, -0.2) is 54.0 Å². The molecule has 8 heteroatoms. The number of methoxy groups -OCH3 is 4. The van der Waals surface area contributed by atoms with Crippen molar-refractivity contribution in [3.63, 3.8) is 0 Å². The molecule has 0 aliphatic carbocycles. The molecule has 0 saturated carbocycles. The fraction of sp³-hybridized carbons (Fsp3) is 0.360. The Morgan fingerprint density at radius 3 is 1.91 bits per heavy atom. The Hall–Kier alpha value is -3.36. The number of rotatable bonds is 12. The first kappa shape index (κ1) is 25.9. The van der Waals surface area contributed by atoms with Gasteiger partial charge in [-0.1, -0.05) is 43.3 Å². The molecule has 33 heavy (non-hydrogen) atoms. The first-order valence-corrected chi connectivity index (χ1v) is 10.4. The van der Waals surface area contributed by atoms with Crippen molar-refractivity contribution in [1.29, 1.82) is 0 Å². The van der Waals surface area contributed by atoms with E-state index in [1.807, 2.05) is 37.3 Å². The molecule has 0 amide bonds. The molecule has 0 N–H and O–H groups in total. The Kier molecular flexibility index (Phi) is 10.4. The lowest BCUT2D eigenvalue weighted by Crippen LogP contribution is -2.16. The van der Waals surface area contributed by atoms with Crippen LogP contribution in [0.2, 0.25) is 0 Å². The smallest absolute Gasteiger partial charge is 0.344 e. The van der Waals surface area contributed by atoms with Gasteiger partial charge in [0.05, 0.1) is 14.2 Å². The number of hydrogen-bond donors (Lipinski definition) is 0. The third-order valence-corrected chi connectivity index (χ3v) is 4.87. The van der Waals surface area contributed by atoms with Crippen molar-refractivity contribution in [2.24, 2.45) is 0 Å². The van der Waals surface area contributed by atoms with Crippen LogP contribution in [0.4, 0.5) is 0 Å². The van der Waals surface area contributed by atoms with E-state index in [1.54, 1.807) is 6.07 Å². The molecule has 0 heterocycles. The highest BCUT2D eigenvalue weighted by Crippen LogP contribution is 2.41. The number of carbonyl (C=O) groups excluding carboxylic acids is 2. The van der Waals surface area contributed by atoms with Crippen molar-refractivity contribution in [3.8, 4) is 22.6 Å². The van der Waals surface area contributed by atoms with Crippen molar-refractivity contribution < 1.29 is 38.0 Å². The molecule has 2 aromatic rings. The minimum atomic E-state index is -0.774. The molecule has 0 aliphatic heterocycles. The topological polar surface area (TPSA) is 89.5 Å². The number of ether oxygens (including phenoxy) is 6. The van der Waals surface area contributed by atoms with E-state index in [0.29, 0.717) is 17.9 Å². The van der Waals surface area contributed by atoms with Crippen LogP contribution in [0.5, 0.6) is 11.5 Å². The molecular formula is C25H30O8. The first-order chi connectivity index (χ1) is 16.0. The summed E-state index contributed by atoms with van der Waals surface area (Å²) in [5.41, 5.74) is 3.23. The number of benzene rings is 2. The number of carbonyl (C=O) groups is 2. The van der Waals surface area contributed by atoms with E-state index in [2.05, 4.69) is 0 Å². The molecule has 0 bridgehead atoms. The SMILES string of the molecule is CCc1c(OCOC)cc(OCOC)c(-c2ccccc2)c1CC=C(C(=O)OC)C(=O)OC. The molecule has 0 aromatic heterocycles. The largest absolute Gasteiger partial charge is 0.467 e. The van der Waals surface area contributed by atoms with Crippen LogP contribution in [0.25, 0.3) is 11.1 Å². The van der Waals surface area contributed by atoms with Crippen LogP contribution in [-0.2, 0) is 41.4 Å². The Morgan fingerprint density at radius 2 is 1.39 bits per heavy atom. The van der Waals surface area contributed by atoms with E-state index < -0.39 is 11.9 Å². The summed E-state index contributed by atoms with van der Waals surface area (Å²) >= 11 is 0. The fourth-order valence-corrected chi connectivity index (χ4v) is 3.42. The molecule has 2 rings (SSSR count). The van der Waals surface area contributed by atoms with Crippen molar-refractivity contribution >= 4 is 11.9 Å². The van der Waals surface area contributed by atoms with Gasteiger partial charge < -0.3 is 28.4 Å². The lowest BCUT2D eigenvalue weighted by atomic mass is 9.90. The standard InChI is InChI=1S/C25H30O8/c1-6-18-19(12-13-20(24(26)30-4)25(27)31-5)23(17-10-8-7-9-11-17)22(33-16-29-3)14-21(18)32-15-28-2/h7-11,13-14H,6,12,15-16H2,1-5H3. The minimum Gasteiger partial charge on any atom is -0.467 e. The Balaban J connectivity index is 2.78. The fourth-order valence-electron chi connectivity index (χ4n) is 3.42. The van der Waals surface area contributed by atoms with Gasteiger partial charge in [-0.3, -0.25) is 0 Å². The van der Waals surface area contributed by atoms with Crippen LogP contribution in [0.3, 0.4) is 0 Å². The molecule has 8 nitrogen and oxygen atoms in total. The zero-order chi connectivity index (χ0) is 24.2. The van der Waals surface area contributed by atoms with Gasteiger partial charge in [0.1, 0.15) is 17.1 Å². The predicted octanol–water partition coefficient (Wildman–Crippen LogP) is 3.70. The highest BCUT2D eigenvalue weighted by atomic mass is 16.7. The van der Waals surface area contributed by atoms with E-state index in [1.165, 1.54) is 34.5 Å². The lowest BCUT2D eigenvalue weighted by Gasteiger charge is -2.22. The zero-order valence-corrected chi connectivity index (χ0v) is 19.6. The van der Waals surface area contributed by atoms with Crippen LogP contribution in [0.1, 0.15) is 18.1 Å². The van der Waals surface area contributed by atoms with E-state index >= 15 is 0 Å². The molecule has 0 aliphatic rings. The van der Waals surface area contributed by atoms with Crippen LogP contribution < -0.4 is 9.47 Å². The van der Waals surface area contributed by atoms with Gasteiger partial charge in [-0.15, -0.1) is 0 Å². The molecule has 0 radical (unpaired) electrons. The summed E-state index contributed by atoms with van der Waals surface area (Å²) in [6.45, 7) is 2.07. The van der Waals surface area contributed by atoms with Gasteiger partial charge in [0.15, 0.2) is 13.6 Å². The van der Waals surface area contributed by atoms with Gasteiger partial charge >= 0.3 is 11.9 Å². The summed E-state index contributed by atoms with van der Waals surface area (Å²) in [7, 11) is 5.49. The zero-order valence-electron chi connectivity index (χ0n) is 19.6. The summed E-state index contributed by atoms with van der Waals surface area (Å²) in [5, 5.41) is 0. The summed E-state index contributed by atoms with van der Waals surface area (Å²) in [6, 6.07) is 11.5. The molecule has 0 fully saturated rings. The van der Waals surface area contributed by atoms with Gasteiger partial charge in [-0.05, 0) is 29.5 Å². The molecule has 0 spiro atoms. The number of hydrogen-bond acceptors (Lipinski definition) is 8. The highest BCUT2D eigenvalue weighted by Gasteiger charge is 2.23. The third kappa shape index (κ3) is 6.57. The summed E-state index contributed by atoms with van der Waals surface area (Å²) < 4.78 is 31.5. The van der Waals surface area contributed by atoms with Crippen molar-refractivity contribution in [2.45, 2.75) is 19.8 Å². The normalized spacial score (nSPS) is 10.3. The average Bonchev–Trinajstić information content (AvgIpc) is 2.85. The monoisotopic (exact) mass is 458 g/mol. The van der Waals surface area contributed by atoms with E-state index in [4.69, 9.17) is 28.4 Å². The maximum Gasteiger partial charge on any atom is 0.344 e. The third-order valence-electron chi connectivity index (χ3n) is 4.87. The number of esters is 2. The predicted molar refractivity (Wildman–Crippen MR) is 122 cm³/mol. The second-order valence-corrected chi connectivity index (χ2v) is 6.83. The summed E-state index contributed by atoms with van der Waals surface area (Å²) in [4.78, 5) is 24.4. The lowest BCUT2D eigenvalue weighted by molar-refractivity contribution is -0.144. The molecule has 178 valence electrons. The van der Waals surface area contributed by atoms with Gasteiger partial charge in [-0.2, -0.15) is 0 Å². The van der Waals surface area contributed by atoms with Gasteiger partial charge in [-0.25, -0.2) is 9.59 Å². The highest BCUT2D eigenvalue weighted by molar-refractivity contribution is 6.14. The van der Waals surface area contributed by atoms with Crippen molar-refractivity contribution in [3.05, 3.63) is 59.2 Å². The molecular weight excluding hydrogens is 428 g/mol. The second-order valence-electron chi connectivity index (χ2n) is 6.83. The van der Waals surface area contributed by atoms with Crippen LogP contribution in [0.15, 0.2) is 48.0 Å². The van der Waals surface area contributed by atoms with Crippen molar-refractivity contribution in [2.75, 3.05) is 42.0 Å². The van der Waals surface area contributed by atoms with E-state index in [-0.39, 0.29) is 25.6 Å². The average molecular weight is 459 g/mol. The van der Waals surface area contributed by atoms with E-state index in [0.717, 1.165) is 22.3 Å². The van der Waals surface area contributed by atoms with E-state index in [9.17, 15) is 9.59 Å². The maximum atomic E-state index is 12.2. The second kappa shape index (κ2) is 13.2. The quantitative estimate of drug-likeness (QED) is 0.156. The molecule has 0 saturated heterocycles. The maximum absolute atomic E-state index is 12.2. The Labute approximate surface area is 194 Å². The summed E-state index contributed by atoms with van der Waals surface area (Å²) in [5.74, 6) is -0.439. The van der Waals surface area contributed by atoms with Crippen molar-refractivity contribution in [1.82, 2.24) is 0 Å². The number of allylic oxidation sites excluding steroid dienone is 1. The molecule has 0 atom stereocenters. The van der Waals surface area contributed by atoms with Crippen LogP contribution >= 0.6 is 0 Å². The first-order valence-electron chi connectivity index (χ1n) is 10.4. The van der Waals surface area contributed by atoms with Gasteiger partial charge in [0, 0.05) is 25.8 Å². The molecule has 0 unspecified atom stereocenters. The molecule has 2 aromatic carbocycles. The minimum absolute atomic E-state index is 0.0277. The van der Waals surface area contributed by atoms with Gasteiger partial charge in [0.25, 0.3) is 0 Å². The Bertz CT molecular complexity index is 948.